The molecule has 0 aliphatic rings. The van der Waals surface area contributed by atoms with Gasteiger partial charge in [-0.05, 0) is 42.3 Å². The Morgan fingerprint density at radius 2 is 1.94 bits per heavy atom. The predicted molar refractivity (Wildman–Crippen MR) is 132 cm³/mol. The highest BCUT2D eigenvalue weighted by molar-refractivity contribution is 9.10. The van der Waals surface area contributed by atoms with Crippen molar-refractivity contribution in [1.29, 1.82) is 0 Å². The van der Waals surface area contributed by atoms with E-state index in [-0.39, 0.29) is 5.69 Å². The second kappa shape index (κ2) is 12.6. The highest BCUT2D eigenvalue weighted by Crippen LogP contribution is 2.27. The van der Waals surface area contributed by atoms with Gasteiger partial charge >= 0.3 is 5.97 Å². The summed E-state index contributed by atoms with van der Waals surface area (Å²) in [5.74, 6) is 3.51. The molecule has 0 spiro atoms. The van der Waals surface area contributed by atoms with E-state index in [9.17, 15) is 4.79 Å². The number of hydrogen-bond donors (Lipinski definition) is 0. The lowest BCUT2D eigenvalue weighted by molar-refractivity contribution is 0.0491. The minimum absolute atomic E-state index is 0.171. The maximum Gasteiger partial charge on any atom is 0.358 e. The van der Waals surface area contributed by atoms with Gasteiger partial charge in [-0.3, -0.25) is 0 Å². The SMILES string of the molecule is C#CCN(Cc1cc(Br)ccc1OCc1ccccc1)c1ccc(C(=O)OCCCC)nn1. The Balaban J connectivity index is 1.74. The van der Waals surface area contributed by atoms with Gasteiger partial charge in [0.05, 0.1) is 13.2 Å². The molecule has 6 nitrogen and oxygen atoms in total. The third-order valence-corrected chi connectivity index (χ3v) is 5.31. The summed E-state index contributed by atoms with van der Waals surface area (Å²) in [7, 11) is 0. The normalized spacial score (nSPS) is 10.3. The van der Waals surface area contributed by atoms with E-state index in [0.717, 1.165) is 34.2 Å². The highest BCUT2D eigenvalue weighted by Gasteiger charge is 2.15. The number of benzene rings is 2. The van der Waals surface area contributed by atoms with Crippen LogP contribution in [0.15, 0.2) is 65.1 Å². The van der Waals surface area contributed by atoms with Gasteiger partial charge in [-0.25, -0.2) is 4.79 Å². The molecule has 0 saturated heterocycles. The lowest BCUT2D eigenvalue weighted by Crippen LogP contribution is -2.25. The molecule has 33 heavy (non-hydrogen) atoms. The number of carbonyl (C=O) groups excluding carboxylic acids is 1. The molecule has 0 unspecified atom stereocenters. The second-order valence-corrected chi connectivity index (χ2v) is 8.27. The van der Waals surface area contributed by atoms with Gasteiger partial charge in [0.15, 0.2) is 11.5 Å². The van der Waals surface area contributed by atoms with E-state index in [1.807, 2.05) is 60.4 Å². The van der Waals surface area contributed by atoms with Crippen molar-refractivity contribution in [3.8, 4) is 18.1 Å². The number of hydrogen-bond acceptors (Lipinski definition) is 6. The highest BCUT2D eigenvalue weighted by atomic mass is 79.9. The van der Waals surface area contributed by atoms with Gasteiger partial charge in [0.1, 0.15) is 12.4 Å². The number of halogens is 1. The summed E-state index contributed by atoms with van der Waals surface area (Å²) >= 11 is 3.53. The molecule has 0 aliphatic carbocycles. The maximum atomic E-state index is 12.1. The van der Waals surface area contributed by atoms with E-state index in [0.29, 0.717) is 32.1 Å². The average molecular weight is 508 g/mol. The Kier molecular flexibility index (Phi) is 9.28. The summed E-state index contributed by atoms with van der Waals surface area (Å²) in [5.41, 5.74) is 2.20. The zero-order valence-corrected chi connectivity index (χ0v) is 20.1. The van der Waals surface area contributed by atoms with Crippen LogP contribution in [0.5, 0.6) is 5.75 Å². The number of aromatic nitrogens is 2. The lowest BCUT2D eigenvalue weighted by atomic mass is 10.1. The van der Waals surface area contributed by atoms with Crippen LogP contribution in [0.1, 0.15) is 41.4 Å². The largest absolute Gasteiger partial charge is 0.489 e. The van der Waals surface area contributed by atoms with Crippen LogP contribution in [-0.2, 0) is 17.9 Å². The Bertz CT molecular complexity index is 1080. The fourth-order valence-electron chi connectivity index (χ4n) is 3.07. The van der Waals surface area contributed by atoms with Crippen LogP contribution >= 0.6 is 15.9 Å². The van der Waals surface area contributed by atoms with Crippen molar-refractivity contribution < 1.29 is 14.3 Å². The van der Waals surface area contributed by atoms with Gasteiger partial charge in [-0.15, -0.1) is 16.6 Å². The molecular weight excluding hydrogens is 482 g/mol. The number of esters is 1. The van der Waals surface area contributed by atoms with Crippen molar-refractivity contribution in [2.24, 2.45) is 0 Å². The predicted octanol–water partition coefficient (Wildman–Crippen LogP) is 5.41. The van der Waals surface area contributed by atoms with Crippen LogP contribution in [0.3, 0.4) is 0 Å². The smallest absolute Gasteiger partial charge is 0.358 e. The average Bonchev–Trinajstić information content (AvgIpc) is 2.84. The standard InChI is InChI=1S/C26H26BrN3O3/c1-3-5-16-32-26(31)23-12-14-25(29-28-23)30(15-4-2)18-21-17-22(27)11-13-24(21)33-19-20-9-7-6-8-10-20/h2,6-14,17H,3,5,15-16,18-19H2,1H3. The van der Waals surface area contributed by atoms with Crippen LogP contribution in [0.2, 0.25) is 0 Å². The number of unbranched alkanes of at least 4 members (excludes halogenated alkanes) is 1. The number of terminal acetylenes is 1. The molecule has 170 valence electrons. The van der Waals surface area contributed by atoms with E-state index in [2.05, 4.69) is 32.0 Å². The quantitative estimate of drug-likeness (QED) is 0.196. The molecule has 0 fully saturated rings. The minimum atomic E-state index is -0.477. The van der Waals surface area contributed by atoms with Gasteiger partial charge in [0.2, 0.25) is 0 Å². The summed E-state index contributed by atoms with van der Waals surface area (Å²) in [6, 6.07) is 19.2. The van der Waals surface area contributed by atoms with Crippen molar-refractivity contribution in [2.75, 3.05) is 18.1 Å². The molecule has 7 heteroatoms. The number of anilines is 1. The van der Waals surface area contributed by atoms with E-state index in [1.54, 1.807) is 12.1 Å². The lowest BCUT2D eigenvalue weighted by Gasteiger charge is -2.22. The van der Waals surface area contributed by atoms with Gasteiger partial charge < -0.3 is 14.4 Å². The van der Waals surface area contributed by atoms with Crippen LogP contribution in [0, 0.1) is 12.3 Å². The molecule has 1 heterocycles. The first-order chi connectivity index (χ1) is 16.1. The topological polar surface area (TPSA) is 64.5 Å². The molecule has 0 radical (unpaired) electrons. The first-order valence-electron chi connectivity index (χ1n) is 10.7. The molecular formula is C26H26BrN3O3. The summed E-state index contributed by atoms with van der Waals surface area (Å²) in [6.45, 7) is 3.64. The minimum Gasteiger partial charge on any atom is -0.489 e. The fourth-order valence-corrected chi connectivity index (χ4v) is 3.48. The van der Waals surface area contributed by atoms with Crippen molar-refractivity contribution in [1.82, 2.24) is 10.2 Å². The van der Waals surface area contributed by atoms with E-state index in [1.165, 1.54) is 0 Å². The molecule has 2 aromatic carbocycles. The number of carbonyl (C=O) groups is 1. The Labute approximate surface area is 203 Å². The zero-order chi connectivity index (χ0) is 23.5. The first-order valence-corrected chi connectivity index (χ1v) is 11.5. The third kappa shape index (κ3) is 7.33. The summed E-state index contributed by atoms with van der Waals surface area (Å²) in [4.78, 5) is 14.0. The first kappa shape index (κ1) is 24.3. The number of rotatable bonds is 11. The van der Waals surface area contributed by atoms with Crippen molar-refractivity contribution in [2.45, 2.75) is 32.9 Å². The molecule has 0 bridgehead atoms. The molecule has 0 aliphatic heterocycles. The second-order valence-electron chi connectivity index (χ2n) is 7.35. The third-order valence-electron chi connectivity index (χ3n) is 4.82. The fraction of sp³-hybridized carbons (Fsp3) is 0.269. The van der Waals surface area contributed by atoms with Crippen LogP contribution < -0.4 is 9.64 Å². The van der Waals surface area contributed by atoms with Gasteiger partial charge in [-0.1, -0.05) is 65.5 Å². The maximum absolute atomic E-state index is 12.1. The van der Waals surface area contributed by atoms with Crippen molar-refractivity contribution in [3.63, 3.8) is 0 Å². The van der Waals surface area contributed by atoms with E-state index < -0.39 is 5.97 Å². The van der Waals surface area contributed by atoms with E-state index in [4.69, 9.17) is 15.9 Å². The molecule has 1 aromatic heterocycles. The summed E-state index contributed by atoms with van der Waals surface area (Å²) < 4.78 is 12.2. The zero-order valence-electron chi connectivity index (χ0n) is 18.5. The summed E-state index contributed by atoms with van der Waals surface area (Å²) in [6.07, 6.45) is 7.38. The molecule has 3 aromatic rings. The van der Waals surface area contributed by atoms with Gasteiger partial charge in [-0.2, -0.15) is 0 Å². The molecule has 3 rings (SSSR count). The van der Waals surface area contributed by atoms with Gasteiger partial charge in [0, 0.05) is 16.6 Å². The van der Waals surface area contributed by atoms with Crippen LogP contribution in [0.4, 0.5) is 5.82 Å². The number of ether oxygens (including phenoxy) is 2. The Morgan fingerprint density at radius 3 is 2.64 bits per heavy atom. The Hall–Kier alpha value is -3.37. The Morgan fingerprint density at radius 1 is 1.12 bits per heavy atom. The van der Waals surface area contributed by atoms with Crippen LogP contribution in [0.25, 0.3) is 0 Å². The molecule has 0 saturated carbocycles. The van der Waals surface area contributed by atoms with Gasteiger partial charge in [0.25, 0.3) is 0 Å². The van der Waals surface area contributed by atoms with E-state index >= 15 is 0 Å². The van der Waals surface area contributed by atoms with Crippen LogP contribution in [-0.4, -0.2) is 29.3 Å². The number of nitrogens with zero attached hydrogens (tertiary/aromatic N) is 3. The molecule has 0 N–H and O–H groups in total. The summed E-state index contributed by atoms with van der Waals surface area (Å²) in [5, 5.41) is 8.26. The monoisotopic (exact) mass is 507 g/mol. The van der Waals surface area contributed by atoms with Crippen molar-refractivity contribution in [3.05, 3.63) is 82.0 Å². The molecule has 0 atom stereocenters. The van der Waals surface area contributed by atoms with Crippen molar-refractivity contribution >= 4 is 27.7 Å². The molecule has 0 amide bonds.